The zero-order chi connectivity index (χ0) is 14.3. The molecule has 0 bridgehead atoms. The predicted molar refractivity (Wildman–Crippen MR) is 72.5 cm³/mol. The number of halogens is 2. The Bertz CT molecular complexity index is 721. The number of nitrogens with two attached hydrogens (primary N) is 1. The van der Waals surface area contributed by atoms with Gasteiger partial charge in [-0.25, -0.2) is 9.37 Å². The highest BCUT2D eigenvalue weighted by Crippen LogP contribution is 2.37. The highest BCUT2D eigenvalue weighted by molar-refractivity contribution is 6.33. The molecule has 0 spiro atoms. The first-order valence-electron chi connectivity index (χ1n) is 5.74. The number of nitrogens with zero attached hydrogens (tertiary/aromatic N) is 1. The van der Waals surface area contributed by atoms with Crippen LogP contribution in [0.25, 0.3) is 0 Å². The maximum Gasteiger partial charge on any atom is 0.230 e. The molecule has 20 heavy (non-hydrogen) atoms. The smallest absolute Gasteiger partial charge is 0.230 e. The van der Waals surface area contributed by atoms with E-state index < -0.39 is 5.82 Å². The summed E-state index contributed by atoms with van der Waals surface area (Å²) in [5, 5.41) is 2.81. The minimum atomic E-state index is -0.601. The van der Waals surface area contributed by atoms with Crippen molar-refractivity contribution in [3.05, 3.63) is 40.8 Å². The van der Waals surface area contributed by atoms with Gasteiger partial charge in [-0.3, -0.25) is 4.79 Å². The fourth-order valence-electron chi connectivity index (χ4n) is 1.91. The molecule has 0 unspecified atom stereocenters. The van der Waals surface area contributed by atoms with Gasteiger partial charge in [0.1, 0.15) is 5.82 Å². The van der Waals surface area contributed by atoms with E-state index in [2.05, 4.69) is 10.3 Å². The molecular formula is C13H9ClFN3O2. The van der Waals surface area contributed by atoms with Crippen molar-refractivity contribution in [2.75, 3.05) is 11.1 Å². The van der Waals surface area contributed by atoms with Crippen molar-refractivity contribution in [3.63, 3.8) is 0 Å². The molecule has 1 aliphatic heterocycles. The summed E-state index contributed by atoms with van der Waals surface area (Å²) in [6.45, 7) is 0. The molecule has 3 rings (SSSR count). The third-order valence-corrected chi connectivity index (χ3v) is 3.26. The summed E-state index contributed by atoms with van der Waals surface area (Å²) in [6.07, 6.45) is 1.46. The fourth-order valence-corrected chi connectivity index (χ4v) is 2.15. The van der Waals surface area contributed by atoms with Crippen molar-refractivity contribution >= 4 is 29.0 Å². The van der Waals surface area contributed by atoms with Gasteiger partial charge >= 0.3 is 0 Å². The Labute approximate surface area is 118 Å². The minimum absolute atomic E-state index is 0.0138. The quantitative estimate of drug-likeness (QED) is 0.835. The summed E-state index contributed by atoms with van der Waals surface area (Å²) in [4.78, 5) is 15.3. The molecule has 2 aromatic rings. The largest absolute Gasteiger partial charge is 0.451 e. The lowest BCUT2D eigenvalue weighted by Crippen LogP contribution is -2.04. The number of nitrogen functional groups attached to an aromatic ring is 1. The molecule has 2 heterocycles. The van der Waals surface area contributed by atoms with Crippen molar-refractivity contribution in [1.29, 1.82) is 0 Å². The first kappa shape index (κ1) is 12.7. The van der Waals surface area contributed by atoms with E-state index >= 15 is 0 Å². The van der Waals surface area contributed by atoms with Crippen LogP contribution in [0.1, 0.15) is 5.56 Å². The zero-order valence-corrected chi connectivity index (χ0v) is 10.9. The predicted octanol–water partition coefficient (Wildman–Crippen LogP) is 2.74. The van der Waals surface area contributed by atoms with Crippen molar-refractivity contribution in [1.82, 2.24) is 4.98 Å². The average molecular weight is 294 g/mol. The monoisotopic (exact) mass is 293 g/mol. The molecule has 0 atom stereocenters. The fraction of sp³-hybridized carbons (Fsp3) is 0.0769. The summed E-state index contributed by atoms with van der Waals surface area (Å²) in [6, 6.07) is 4.06. The summed E-state index contributed by atoms with van der Waals surface area (Å²) in [5.41, 5.74) is 6.30. The van der Waals surface area contributed by atoms with Gasteiger partial charge in [-0.05, 0) is 12.1 Å². The van der Waals surface area contributed by atoms with Gasteiger partial charge in [-0.15, -0.1) is 0 Å². The number of rotatable bonds is 2. The number of ether oxygens (including phenoxy) is 1. The molecule has 7 heteroatoms. The lowest BCUT2D eigenvalue weighted by Gasteiger charge is -2.10. The van der Waals surface area contributed by atoms with Crippen molar-refractivity contribution in [3.8, 4) is 11.5 Å². The molecule has 5 nitrogen and oxygen atoms in total. The van der Waals surface area contributed by atoms with Crippen molar-refractivity contribution < 1.29 is 13.9 Å². The molecule has 1 aliphatic rings. The van der Waals surface area contributed by atoms with Crippen LogP contribution in [-0.2, 0) is 11.2 Å². The van der Waals surface area contributed by atoms with Crippen LogP contribution in [0.15, 0.2) is 24.4 Å². The number of carbonyl (C=O) groups excluding carboxylic acids is 1. The summed E-state index contributed by atoms with van der Waals surface area (Å²) >= 11 is 6.15. The van der Waals surface area contributed by atoms with E-state index in [1.807, 2.05) is 0 Å². The molecule has 3 N–H and O–H groups in total. The summed E-state index contributed by atoms with van der Waals surface area (Å²) < 4.78 is 19.1. The molecule has 0 fully saturated rings. The molecular weight excluding hydrogens is 285 g/mol. The number of anilines is 2. The van der Waals surface area contributed by atoms with Gasteiger partial charge < -0.3 is 15.8 Å². The molecule has 1 aromatic heterocycles. The Morgan fingerprint density at radius 1 is 1.40 bits per heavy atom. The van der Waals surface area contributed by atoms with E-state index in [0.29, 0.717) is 17.1 Å². The normalized spacial score (nSPS) is 13.0. The van der Waals surface area contributed by atoms with Crippen molar-refractivity contribution in [2.24, 2.45) is 0 Å². The molecule has 0 saturated carbocycles. The standard InChI is InChI=1S/C13H9ClFN3O2/c14-12-7-4-11(19)18-13(7)17-5-10(12)20-9-2-1-6(16)3-8(9)15/h1-3,5H,4,16H2,(H,17,18,19). The van der Waals surface area contributed by atoms with Gasteiger partial charge in [-0.2, -0.15) is 0 Å². The number of carbonyl (C=O) groups is 1. The van der Waals surface area contributed by atoms with Crippen molar-refractivity contribution in [2.45, 2.75) is 6.42 Å². The van der Waals surface area contributed by atoms with Crippen LogP contribution in [0.3, 0.4) is 0 Å². The number of amides is 1. The number of benzene rings is 1. The number of hydrogen-bond acceptors (Lipinski definition) is 4. The third kappa shape index (κ3) is 2.14. The average Bonchev–Trinajstić information content (AvgIpc) is 2.77. The van der Waals surface area contributed by atoms with Gasteiger partial charge in [0.05, 0.1) is 17.6 Å². The second-order valence-electron chi connectivity index (χ2n) is 4.28. The minimum Gasteiger partial charge on any atom is -0.451 e. The molecule has 0 radical (unpaired) electrons. The van der Waals surface area contributed by atoms with Crippen LogP contribution in [0.2, 0.25) is 5.02 Å². The maximum absolute atomic E-state index is 13.7. The van der Waals surface area contributed by atoms with E-state index in [0.717, 1.165) is 6.07 Å². The van der Waals surface area contributed by atoms with E-state index in [1.54, 1.807) is 0 Å². The van der Waals surface area contributed by atoms with Crippen LogP contribution < -0.4 is 15.8 Å². The molecule has 0 aliphatic carbocycles. The molecule has 102 valence electrons. The SMILES string of the molecule is Nc1ccc(Oc2cnc3c(c2Cl)CC(=O)N3)c(F)c1. The van der Waals surface area contributed by atoms with E-state index in [1.165, 1.54) is 18.3 Å². The Kier molecular flexibility index (Phi) is 2.94. The first-order chi connectivity index (χ1) is 9.54. The van der Waals surface area contributed by atoms with E-state index in [-0.39, 0.29) is 28.8 Å². The molecule has 1 aromatic carbocycles. The molecule has 0 saturated heterocycles. The third-order valence-electron chi connectivity index (χ3n) is 2.85. The highest BCUT2D eigenvalue weighted by atomic mass is 35.5. The van der Waals surface area contributed by atoms with E-state index in [9.17, 15) is 9.18 Å². The van der Waals surface area contributed by atoms with Gasteiger partial charge in [0.25, 0.3) is 0 Å². The Hall–Kier alpha value is -2.34. The Balaban J connectivity index is 1.96. The second kappa shape index (κ2) is 4.64. The second-order valence-corrected chi connectivity index (χ2v) is 4.66. The van der Waals surface area contributed by atoms with Gasteiger partial charge in [0, 0.05) is 17.3 Å². The van der Waals surface area contributed by atoms with Crippen LogP contribution in [0, 0.1) is 5.82 Å². The van der Waals surface area contributed by atoms with Crippen LogP contribution in [0.5, 0.6) is 11.5 Å². The topological polar surface area (TPSA) is 77.2 Å². The van der Waals surface area contributed by atoms with Gasteiger partial charge in [0.2, 0.25) is 5.91 Å². The number of fused-ring (bicyclic) bond motifs is 1. The van der Waals surface area contributed by atoms with Crippen LogP contribution in [0.4, 0.5) is 15.9 Å². The zero-order valence-electron chi connectivity index (χ0n) is 10.1. The first-order valence-corrected chi connectivity index (χ1v) is 6.12. The van der Waals surface area contributed by atoms with Crippen LogP contribution >= 0.6 is 11.6 Å². The molecule has 1 amide bonds. The van der Waals surface area contributed by atoms with Gasteiger partial charge in [-0.1, -0.05) is 11.6 Å². The Morgan fingerprint density at radius 3 is 2.95 bits per heavy atom. The Morgan fingerprint density at radius 2 is 2.20 bits per heavy atom. The van der Waals surface area contributed by atoms with Gasteiger partial charge in [0.15, 0.2) is 17.3 Å². The lowest BCUT2D eigenvalue weighted by atomic mass is 10.2. The van der Waals surface area contributed by atoms with E-state index in [4.69, 9.17) is 22.1 Å². The summed E-state index contributed by atoms with van der Waals surface area (Å²) in [5.74, 6) is -0.211. The number of pyridine rings is 1. The number of nitrogens with one attached hydrogen (secondary N) is 1. The van der Waals surface area contributed by atoms with Crippen LogP contribution in [-0.4, -0.2) is 10.9 Å². The number of hydrogen-bond donors (Lipinski definition) is 2. The maximum atomic E-state index is 13.7. The lowest BCUT2D eigenvalue weighted by molar-refractivity contribution is -0.115. The highest BCUT2D eigenvalue weighted by Gasteiger charge is 2.24. The summed E-state index contributed by atoms with van der Waals surface area (Å²) in [7, 11) is 0. The number of aromatic nitrogens is 1.